The topological polar surface area (TPSA) is 61.8 Å². The van der Waals surface area contributed by atoms with Crippen LogP contribution in [0.3, 0.4) is 0 Å². The van der Waals surface area contributed by atoms with E-state index in [1.807, 2.05) is 0 Å². The lowest BCUT2D eigenvalue weighted by Gasteiger charge is -2.44. The molecule has 3 rings (SSSR count). The first-order valence-corrected chi connectivity index (χ1v) is 6.76. The number of Topliss-reactive ketones (excluding diaryl/α,β-unsaturated/α-hetero) is 1. The second-order valence-electron chi connectivity index (χ2n) is 5.57. The molecule has 104 valence electrons. The highest BCUT2D eigenvalue weighted by molar-refractivity contribution is 5.85. The van der Waals surface area contributed by atoms with Gasteiger partial charge >= 0.3 is 5.97 Å². The van der Waals surface area contributed by atoms with E-state index in [2.05, 4.69) is 0 Å². The van der Waals surface area contributed by atoms with Crippen LogP contribution in [0.5, 0.6) is 0 Å². The van der Waals surface area contributed by atoms with Gasteiger partial charge in [-0.25, -0.2) is 0 Å². The largest absolute Gasteiger partial charge is 0.469 e. The highest BCUT2D eigenvalue weighted by atomic mass is 16.7. The molecule has 19 heavy (non-hydrogen) atoms. The van der Waals surface area contributed by atoms with Crippen molar-refractivity contribution in [2.24, 2.45) is 17.8 Å². The Hall–Kier alpha value is -1.52. The lowest BCUT2D eigenvalue weighted by Crippen LogP contribution is -2.49. The maximum atomic E-state index is 12.0. The van der Waals surface area contributed by atoms with Gasteiger partial charge in [-0.2, -0.15) is 0 Å². The van der Waals surface area contributed by atoms with Crippen molar-refractivity contribution < 1.29 is 23.8 Å². The first kappa shape index (κ1) is 12.5. The zero-order valence-corrected chi connectivity index (χ0v) is 11.0. The van der Waals surface area contributed by atoms with E-state index in [9.17, 15) is 9.59 Å². The van der Waals surface area contributed by atoms with Gasteiger partial charge in [-0.1, -0.05) is 0 Å². The van der Waals surface area contributed by atoms with Crippen LogP contribution in [0.1, 0.15) is 32.1 Å². The molecule has 0 aromatic rings. The molecule has 5 heteroatoms. The maximum absolute atomic E-state index is 12.0. The van der Waals surface area contributed by atoms with Crippen LogP contribution in [-0.2, 0) is 23.8 Å². The third-order valence-corrected chi connectivity index (χ3v) is 4.66. The number of methoxy groups -OCH3 is 1. The predicted molar refractivity (Wildman–Crippen MR) is 64.6 cm³/mol. The zero-order valence-electron chi connectivity index (χ0n) is 11.0. The number of hydrogen-bond acceptors (Lipinski definition) is 5. The molecule has 2 fully saturated rings. The molecule has 3 aliphatic rings. The van der Waals surface area contributed by atoms with Crippen molar-refractivity contribution in [3.63, 3.8) is 0 Å². The van der Waals surface area contributed by atoms with Crippen LogP contribution in [0.25, 0.3) is 0 Å². The number of carbonyl (C=O) groups is 2. The molecule has 2 saturated carbocycles. The van der Waals surface area contributed by atoms with Gasteiger partial charge < -0.3 is 14.2 Å². The number of carbonyl (C=O) groups excluding carboxylic acids is 2. The minimum atomic E-state index is -0.662. The average molecular weight is 266 g/mol. The van der Waals surface area contributed by atoms with Crippen LogP contribution < -0.4 is 0 Å². The van der Waals surface area contributed by atoms with Gasteiger partial charge in [0, 0.05) is 25.2 Å². The van der Waals surface area contributed by atoms with E-state index < -0.39 is 5.79 Å². The molecule has 0 saturated heterocycles. The summed E-state index contributed by atoms with van der Waals surface area (Å²) in [4.78, 5) is 23.9. The SMILES string of the molecule is COC(=O)C1CCC(=O)[C@H]2CCC3(C[C@H]12)OC=CO3. The van der Waals surface area contributed by atoms with E-state index >= 15 is 0 Å². The number of ether oxygens (including phenoxy) is 3. The summed E-state index contributed by atoms with van der Waals surface area (Å²) in [6.07, 6.45) is 6.13. The molecular weight excluding hydrogens is 248 g/mol. The predicted octanol–water partition coefficient (Wildman–Crippen LogP) is 1.77. The van der Waals surface area contributed by atoms with Gasteiger partial charge in [0.05, 0.1) is 13.0 Å². The normalized spacial score (nSPS) is 35.4. The van der Waals surface area contributed by atoms with Gasteiger partial charge in [0.25, 0.3) is 0 Å². The number of esters is 1. The Bertz CT molecular complexity index is 420. The third-order valence-electron chi connectivity index (χ3n) is 4.66. The Kier molecular flexibility index (Phi) is 2.99. The average Bonchev–Trinajstić information content (AvgIpc) is 2.86. The molecule has 0 aromatic carbocycles. The van der Waals surface area contributed by atoms with Crippen LogP contribution >= 0.6 is 0 Å². The smallest absolute Gasteiger partial charge is 0.308 e. The molecule has 0 amide bonds. The van der Waals surface area contributed by atoms with Crippen molar-refractivity contribution in [2.45, 2.75) is 37.9 Å². The summed E-state index contributed by atoms with van der Waals surface area (Å²) in [5, 5.41) is 0. The maximum Gasteiger partial charge on any atom is 0.308 e. The van der Waals surface area contributed by atoms with E-state index in [4.69, 9.17) is 14.2 Å². The number of hydrogen-bond donors (Lipinski definition) is 0. The summed E-state index contributed by atoms with van der Waals surface area (Å²) >= 11 is 0. The molecule has 1 spiro atoms. The fourth-order valence-electron chi connectivity index (χ4n) is 3.70. The molecule has 3 atom stereocenters. The fourth-order valence-corrected chi connectivity index (χ4v) is 3.70. The highest BCUT2D eigenvalue weighted by Crippen LogP contribution is 2.48. The van der Waals surface area contributed by atoms with E-state index in [0.29, 0.717) is 25.7 Å². The van der Waals surface area contributed by atoms with Crippen LogP contribution in [0, 0.1) is 17.8 Å². The van der Waals surface area contributed by atoms with Crippen LogP contribution in [-0.4, -0.2) is 24.6 Å². The van der Waals surface area contributed by atoms with Crippen LogP contribution in [0.15, 0.2) is 12.5 Å². The van der Waals surface area contributed by atoms with Crippen LogP contribution in [0.4, 0.5) is 0 Å². The molecule has 1 heterocycles. The number of rotatable bonds is 1. The Morgan fingerprint density at radius 3 is 2.79 bits per heavy atom. The summed E-state index contributed by atoms with van der Waals surface area (Å²) in [7, 11) is 1.40. The number of ketones is 1. The van der Waals surface area contributed by atoms with Crippen LogP contribution in [0.2, 0.25) is 0 Å². The van der Waals surface area contributed by atoms with Gasteiger partial charge in [0.15, 0.2) is 0 Å². The van der Waals surface area contributed by atoms with Crippen molar-refractivity contribution in [1.82, 2.24) is 0 Å². The third kappa shape index (κ3) is 2.01. The minimum absolute atomic E-state index is 0.0256. The summed E-state index contributed by atoms with van der Waals surface area (Å²) in [6, 6.07) is 0. The molecule has 1 aliphatic heterocycles. The van der Waals surface area contributed by atoms with E-state index in [1.54, 1.807) is 0 Å². The van der Waals surface area contributed by atoms with E-state index in [-0.39, 0.29) is 29.5 Å². The zero-order chi connectivity index (χ0) is 13.5. The van der Waals surface area contributed by atoms with Crippen molar-refractivity contribution >= 4 is 11.8 Å². The summed E-state index contributed by atoms with van der Waals surface area (Å²) in [5.41, 5.74) is 0. The second-order valence-corrected chi connectivity index (χ2v) is 5.57. The summed E-state index contributed by atoms with van der Waals surface area (Å²) < 4.78 is 16.0. The Morgan fingerprint density at radius 1 is 1.37 bits per heavy atom. The minimum Gasteiger partial charge on any atom is -0.469 e. The molecule has 0 N–H and O–H groups in total. The first-order valence-electron chi connectivity index (χ1n) is 6.76. The lowest BCUT2D eigenvalue weighted by molar-refractivity contribution is -0.195. The van der Waals surface area contributed by atoms with Gasteiger partial charge in [-0.3, -0.25) is 9.59 Å². The van der Waals surface area contributed by atoms with Gasteiger partial charge in [0.2, 0.25) is 5.79 Å². The summed E-state index contributed by atoms with van der Waals surface area (Å²) in [5.74, 6) is -0.891. The molecule has 1 unspecified atom stereocenters. The summed E-state index contributed by atoms with van der Waals surface area (Å²) in [6.45, 7) is 0. The van der Waals surface area contributed by atoms with E-state index in [1.165, 1.54) is 19.6 Å². The molecule has 2 aliphatic carbocycles. The molecule has 0 aromatic heterocycles. The van der Waals surface area contributed by atoms with Crippen molar-refractivity contribution in [3.05, 3.63) is 12.5 Å². The molecular formula is C14H18O5. The molecule has 0 bridgehead atoms. The van der Waals surface area contributed by atoms with Gasteiger partial charge in [-0.15, -0.1) is 0 Å². The Labute approximate surface area is 111 Å². The Morgan fingerprint density at radius 2 is 2.11 bits per heavy atom. The van der Waals surface area contributed by atoms with E-state index in [0.717, 1.165) is 6.42 Å². The van der Waals surface area contributed by atoms with Gasteiger partial charge in [0.1, 0.15) is 18.3 Å². The quantitative estimate of drug-likeness (QED) is 0.677. The fraction of sp³-hybridized carbons (Fsp3) is 0.714. The van der Waals surface area contributed by atoms with Gasteiger partial charge in [-0.05, 0) is 18.8 Å². The lowest BCUT2D eigenvalue weighted by atomic mass is 9.63. The first-order chi connectivity index (χ1) is 9.15. The monoisotopic (exact) mass is 266 g/mol. The standard InChI is InChI=1S/C14H18O5/c1-17-13(16)10-2-3-12(15)9-4-5-14(8-11(9)10)18-6-7-19-14/h6-7,9-11H,2-5,8H2,1H3/t9-,10?,11-/m0/s1. The molecule has 5 nitrogen and oxygen atoms in total. The Balaban J connectivity index is 1.82. The number of fused-ring (bicyclic) bond motifs is 1. The van der Waals surface area contributed by atoms with Crippen molar-refractivity contribution in [2.75, 3.05) is 7.11 Å². The highest BCUT2D eigenvalue weighted by Gasteiger charge is 2.52. The molecule has 0 radical (unpaired) electrons. The van der Waals surface area contributed by atoms with Crippen molar-refractivity contribution in [3.8, 4) is 0 Å². The second kappa shape index (κ2) is 4.54. The van der Waals surface area contributed by atoms with Crippen molar-refractivity contribution in [1.29, 1.82) is 0 Å².